The Bertz CT molecular complexity index is 3380. The second kappa shape index (κ2) is 34.2. The van der Waals surface area contributed by atoms with Crippen molar-refractivity contribution >= 4 is 58.1 Å². The number of nitro benzene ring substituents is 3. The molecule has 43 heteroatoms. The zero-order valence-corrected chi connectivity index (χ0v) is 53.5. The van der Waals surface area contributed by atoms with Crippen LogP contribution in [0.15, 0.2) is 60.7 Å². The number of nitrogens with one attached hydrogen (secondary N) is 3. The normalized spacial score (nSPS) is 39.4. The highest BCUT2D eigenvalue weighted by Crippen LogP contribution is 2.42. The lowest BCUT2D eigenvalue weighted by molar-refractivity contribution is -0.403. The topological polar surface area (TPSA) is 654 Å². The molecule has 3 aromatic carbocycles. The summed E-state index contributed by atoms with van der Waals surface area (Å²) in [7, 11) is 0. The number of rotatable bonds is 18. The minimum Gasteiger partial charge on any atom is -0.394 e. The van der Waals surface area contributed by atoms with Crippen LogP contribution in [0.25, 0.3) is 12.2 Å². The van der Waals surface area contributed by atoms with Crippen LogP contribution in [0.5, 0.6) is 0 Å². The number of benzene rings is 3. The summed E-state index contributed by atoms with van der Waals surface area (Å²) in [6.07, 6.45) is -59.3. The molecule has 0 aliphatic carbocycles. The van der Waals surface area contributed by atoms with E-state index in [1.165, 1.54) is 24.3 Å². The first-order valence-corrected chi connectivity index (χ1v) is 32.0. The maximum absolute atomic E-state index is 13.6. The molecule has 22 fully saturated rings. The number of aliphatic hydroxyl groups excluding tert-OH is 17. The Kier molecular flexibility index (Phi) is 26.1. The third-order valence-electron chi connectivity index (χ3n) is 18.1. The van der Waals surface area contributed by atoms with E-state index in [1.807, 2.05) is 0 Å². The minimum atomic E-state index is -2.30. The van der Waals surface area contributed by atoms with E-state index in [4.69, 9.17) is 56.8 Å². The van der Waals surface area contributed by atoms with Crippen LogP contribution in [0.4, 0.5) is 34.1 Å². The summed E-state index contributed by atoms with van der Waals surface area (Å²) in [4.78, 5) is 58.5. The van der Waals surface area contributed by atoms with Gasteiger partial charge in [-0.05, 0) is 35.4 Å². The zero-order chi connectivity index (χ0) is 74.6. The molecule has 0 spiro atoms. The number of ether oxygens (including phenoxy) is 12. The van der Waals surface area contributed by atoms with Gasteiger partial charge in [-0.2, -0.15) is 0 Å². The van der Waals surface area contributed by atoms with Crippen LogP contribution < -0.4 is 16.0 Å². The monoisotopic (exact) mass is 1470 g/mol. The van der Waals surface area contributed by atoms with Crippen LogP contribution in [-0.4, -0.2) is 337 Å². The Hall–Kier alpha value is -6.82. The van der Waals surface area contributed by atoms with Crippen LogP contribution in [0.3, 0.4) is 0 Å². The van der Waals surface area contributed by atoms with Crippen molar-refractivity contribution in [3.8, 4) is 0 Å². The molecule has 0 saturated carbocycles. The summed E-state index contributed by atoms with van der Waals surface area (Å²) < 4.78 is 69.6. The van der Waals surface area contributed by atoms with E-state index < -0.39 is 286 Å². The number of amides is 2. The van der Waals surface area contributed by atoms with E-state index in [2.05, 4.69) is 16.0 Å². The fourth-order valence-electron chi connectivity index (χ4n) is 12.5. The first kappa shape index (κ1) is 78.8. The van der Waals surface area contributed by atoms with E-state index in [0.717, 1.165) is 0 Å². The van der Waals surface area contributed by atoms with Gasteiger partial charge in [-0.1, -0.05) is 36.4 Å². The van der Waals surface area contributed by atoms with Crippen molar-refractivity contribution in [2.24, 2.45) is 0 Å². The van der Waals surface area contributed by atoms with Crippen molar-refractivity contribution in [3.05, 3.63) is 102 Å². The van der Waals surface area contributed by atoms with Crippen molar-refractivity contribution in [1.29, 1.82) is 0 Å². The van der Waals surface area contributed by atoms with Crippen molar-refractivity contribution in [3.63, 3.8) is 0 Å². The number of anilines is 3. The van der Waals surface area contributed by atoms with Crippen molar-refractivity contribution in [1.82, 2.24) is 5.32 Å². The lowest BCUT2D eigenvalue weighted by Gasteiger charge is -2.50. The molecule has 22 aliphatic rings. The predicted octanol–water partition coefficient (Wildman–Crippen LogP) is -7.87. The smallest absolute Gasteiger partial charge is 0.306 e. The Morgan fingerprint density at radius 2 is 0.641 bits per heavy atom. The molecule has 12 bridgehead atoms. The van der Waals surface area contributed by atoms with Gasteiger partial charge < -0.3 is 160 Å². The van der Waals surface area contributed by atoms with Crippen molar-refractivity contribution in [2.75, 3.05) is 50.2 Å². The minimum absolute atomic E-state index is 0.173. The number of hydrogen-bond acceptors (Lipinski definition) is 38. The number of carbonyl (C=O) groups is 2. The van der Waals surface area contributed by atoms with Gasteiger partial charge in [0.05, 0.1) is 59.9 Å². The van der Waals surface area contributed by atoms with Crippen molar-refractivity contribution < 1.29 is 168 Å². The number of hydrogen-bond donors (Lipinski definition) is 20. The molecular formula is C60H78N6O37. The number of aliphatic hydroxyl groups is 17. The van der Waals surface area contributed by atoms with Gasteiger partial charge in [0.15, 0.2) is 43.4 Å². The number of carbonyl (C=O) groups excluding carboxylic acids is 2. The summed E-state index contributed by atoms with van der Waals surface area (Å²) >= 11 is 0. The Morgan fingerprint density at radius 3 is 0.922 bits per heavy atom. The SMILES string of the molecule is O=C(CCC(=O)Nc1ccc(/C=C/c2ccc(Nc3c([N+](=O)[O-])cc([N+](=O)[O-])cc3[N+](=O)[O-])cc2)cc1)NCC1OC2OC3C(CO)OC(OC4C(CO)OC(OC5C(CO)OC(OC6C(CO)OC(OC7C(CO)OC(OC1C(O)C2O)C(O)C7O)C(O)C6O)C(O)C5O)C(O)C4O)C(O)C3O. The van der Waals surface area contributed by atoms with Gasteiger partial charge in [-0.15, -0.1) is 0 Å². The van der Waals surface area contributed by atoms with Gasteiger partial charge in [0.1, 0.15) is 146 Å². The molecule has 20 N–H and O–H groups in total. The first-order valence-electron chi connectivity index (χ1n) is 32.0. The average Bonchev–Trinajstić information content (AvgIpc) is 0.776. The molecule has 22 saturated heterocycles. The quantitative estimate of drug-likeness (QED) is 0.0319. The second-order valence-corrected chi connectivity index (χ2v) is 24.8. The van der Waals surface area contributed by atoms with Gasteiger partial charge in [-0.25, -0.2) is 0 Å². The Morgan fingerprint density at radius 1 is 0.369 bits per heavy atom. The van der Waals surface area contributed by atoms with Gasteiger partial charge in [0.25, 0.3) is 5.69 Å². The lowest BCUT2D eigenvalue weighted by Crippen LogP contribution is -2.69. The molecule has 2 amide bonds. The lowest BCUT2D eigenvalue weighted by atomic mass is 9.94. The van der Waals surface area contributed by atoms with Gasteiger partial charge in [0.2, 0.25) is 11.8 Å². The molecule has 22 heterocycles. The molecule has 103 heavy (non-hydrogen) atoms. The third kappa shape index (κ3) is 17.4. The number of non-ortho nitro benzene ring substituents is 1. The van der Waals surface area contributed by atoms with Crippen LogP contribution in [-0.2, 0) is 66.4 Å². The molecule has 30 atom stereocenters. The standard InChI is InChI=1S/C60H78N6O37/c67-16-29-50-39(76)45(82)57(94-29)101-52-31(18-69)96-59(47(84)41(52)78)103-54-33(20-71)97-60(48(85)42(54)79)102-53-32(19-70)95-58(46(83)40(53)77)100-51-30(17-68)93-56(44(81)38(51)75)98-49-28(92-55(99-50)43(80)37(49)74)15-61-34(72)11-12-35(73)62-23-7-3-21(4-8-23)1-2-22-5-9-24(10-6-22)63-36-26(65(88)89)13-25(64(86)87)14-27(36)66(90)91/h1-10,13-14,28-33,37-60,63,67-71,74-85H,11-12,15-20H2,(H,61,72)(H,62,73)/b2-1+. The summed E-state index contributed by atoms with van der Waals surface area (Å²) in [5, 5.41) is 233. The maximum atomic E-state index is 13.6. The molecule has 0 aromatic heterocycles. The number of nitro groups is 3. The summed E-state index contributed by atoms with van der Waals surface area (Å²) in [5.41, 5.74) is -1.55. The van der Waals surface area contributed by atoms with Gasteiger partial charge >= 0.3 is 11.4 Å². The van der Waals surface area contributed by atoms with Crippen LogP contribution >= 0.6 is 0 Å². The molecule has 30 unspecified atom stereocenters. The molecule has 25 rings (SSSR count). The summed E-state index contributed by atoms with van der Waals surface area (Å²) in [6.45, 7) is -6.10. The third-order valence-corrected chi connectivity index (χ3v) is 18.1. The van der Waals surface area contributed by atoms with E-state index >= 15 is 0 Å². The van der Waals surface area contributed by atoms with E-state index in [0.29, 0.717) is 23.3 Å². The highest BCUT2D eigenvalue weighted by atomic mass is 16.8. The van der Waals surface area contributed by atoms with Crippen LogP contribution in [0, 0.1) is 30.3 Å². The van der Waals surface area contributed by atoms with Gasteiger partial charge in [0, 0.05) is 30.8 Å². The maximum Gasteiger partial charge on any atom is 0.306 e. The van der Waals surface area contributed by atoms with E-state index in [1.54, 1.807) is 36.4 Å². The van der Waals surface area contributed by atoms with Crippen LogP contribution in [0.2, 0.25) is 0 Å². The second-order valence-electron chi connectivity index (χ2n) is 24.8. The Labute approximate surface area is 579 Å². The zero-order valence-electron chi connectivity index (χ0n) is 53.5. The fraction of sp³-hybridized carbons (Fsp3) is 0.633. The van der Waals surface area contributed by atoms with Crippen LogP contribution in [0.1, 0.15) is 24.0 Å². The molecule has 22 aliphatic heterocycles. The summed E-state index contributed by atoms with van der Waals surface area (Å²) in [5.74, 6) is -1.52. The molecule has 0 radical (unpaired) electrons. The predicted molar refractivity (Wildman–Crippen MR) is 331 cm³/mol. The fourth-order valence-corrected chi connectivity index (χ4v) is 12.5. The number of nitrogens with zero attached hydrogens (tertiary/aromatic N) is 3. The Balaban J connectivity index is 0.829. The highest BCUT2D eigenvalue weighted by molar-refractivity contribution is 5.93. The average molecular weight is 1480 g/mol. The molecule has 3 aromatic rings. The van der Waals surface area contributed by atoms with Gasteiger partial charge in [-0.3, -0.25) is 39.9 Å². The first-order chi connectivity index (χ1) is 49.1. The molecule has 570 valence electrons. The summed E-state index contributed by atoms with van der Waals surface area (Å²) in [6, 6.07) is 13.5. The van der Waals surface area contributed by atoms with Crippen molar-refractivity contribution in [2.45, 2.75) is 197 Å². The van der Waals surface area contributed by atoms with E-state index in [-0.39, 0.29) is 11.4 Å². The largest absolute Gasteiger partial charge is 0.394 e. The highest BCUT2D eigenvalue weighted by Gasteiger charge is 2.59. The van der Waals surface area contributed by atoms with E-state index in [9.17, 15) is 127 Å². The molecular weight excluding hydrogens is 1400 g/mol. The molecule has 43 nitrogen and oxygen atoms in total.